The quantitative estimate of drug-likeness (QED) is 0.526. The van der Waals surface area contributed by atoms with E-state index in [1.165, 1.54) is 11.3 Å². The van der Waals surface area contributed by atoms with Crippen LogP contribution in [0, 0.1) is 0 Å². The molecule has 6 heteroatoms. The van der Waals surface area contributed by atoms with Crippen LogP contribution in [-0.2, 0) is 0 Å². The molecule has 0 saturated carbocycles. The van der Waals surface area contributed by atoms with Gasteiger partial charge in [-0.05, 0) is 11.5 Å². The fourth-order valence-corrected chi connectivity index (χ4v) is 3.08. The molecule has 0 saturated heterocycles. The fraction of sp³-hybridized carbons (Fsp3) is 0. The molecule has 0 fully saturated rings. The summed E-state index contributed by atoms with van der Waals surface area (Å²) in [6.45, 7) is 0. The molecule has 2 rings (SSSR count). The highest BCUT2D eigenvalue weighted by Gasteiger charge is 2.17. The van der Waals surface area contributed by atoms with E-state index in [0.717, 1.165) is 10.1 Å². The van der Waals surface area contributed by atoms with Gasteiger partial charge in [0.1, 0.15) is 0 Å². The molecular formula is C8H6BClO2S2. The third-order valence-corrected chi connectivity index (χ3v) is 3.83. The van der Waals surface area contributed by atoms with Gasteiger partial charge in [0.15, 0.2) is 0 Å². The Morgan fingerprint density at radius 2 is 2.07 bits per heavy atom. The van der Waals surface area contributed by atoms with Gasteiger partial charge in [-0.1, -0.05) is 17.7 Å². The first-order chi connectivity index (χ1) is 6.61. The average molecular weight is 245 g/mol. The summed E-state index contributed by atoms with van der Waals surface area (Å²) in [5.74, 6) is 0. The van der Waals surface area contributed by atoms with Crippen molar-refractivity contribution in [1.29, 1.82) is 0 Å². The molecule has 0 aliphatic rings. The zero-order valence-electron chi connectivity index (χ0n) is 6.94. The monoisotopic (exact) mass is 244 g/mol. The van der Waals surface area contributed by atoms with Crippen molar-refractivity contribution in [2.75, 3.05) is 0 Å². The highest BCUT2D eigenvalue weighted by Crippen LogP contribution is 2.33. The topological polar surface area (TPSA) is 40.5 Å². The summed E-state index contributed by atoms with van der Waals surface area (Å²) in [6, 6.07) is 3.45. The predicted molar refractivity (Wildman–Crippen MR) is 63.9 cm³/mol. The second-order valence-electron chi connectivity index (χ2n) is 2.83. The molecule has 1 heterocycles. The molecular weight excluding hydrogens is 238 g/mol. The van der Waals surface area contributed by atoms with Crippen molar-refractivity contribution < 1.29 is 10.0 Å². The largest absolute Gasteiger partial charge is 0.489 e. The van der Waals surface area contributed by atoms with E-state index >= 15 is 0 Å². The van der Waals surface area contributed by atoms with Crippen LogP contribution >= 0.6 is 35.6 Å². The van der Waals surface area contributed by atoms with Gasteiger partial charge in [0, 0.05) is 20.4 Å². The lowest BCUT2D eigenvalue weighted by molar-refractivity contribution is 0.425. The maximum absolute atomic E-state index is 9.06. The van der Waals surface area contributed by atoms with Crippen molar-refractivity contribution in [3.63, 3.8) is 0 Å². The highest BCUT2D eigenvalue weighted by atomic mass is 35.5. The Balaban J connectivity index is 2.79. The van der Waals surface area contributed by atoms with Gasteiger partial charge in [-0.3, -0.25) is 0 Å². The minimum atomic E-state index is -1.51. The standard InChI is InChI=1S/C8H6BClO2S2/c10-5-3-14-6-2-1-4(9(11)12)8(13)7(5)6/h1-3,11-13H. The van der Waals surface area contributed by atoms with Crippen molar-refractivity contribution in [3.05, 3.63) is 22.5 Å². The summed E-state index contributed by atoms with van der Waals surface area (Å²) in [6.07, 6.45) is 0. The van der Waals surface area contributed by atoms with Crippen LogP contribution in [-0.4, -0.2) is 17.2 Å². The molecule has 0 radical (unpaired) electrons. The second kappa shape index (κ2) is 3.75. The number of hydrogen-bond acceptors (Lipinski definition) is 4. The Morgan fingerprint density at radius 1 is 1.36 bits per heavy atom. The molecule has 0 amide bonds. The minimum Gasteiger partial charge on any atom is -0.423 e. The SMILES string of the molecule is OB(O)c1ccc2scc(Cl)c2c1S. The molecule has 0 bridgehead atoms. The molecule has 0 aliphatic heterocycles. The summed E-state index contributed by atoms with van der Waals surface area (Å²) in [4.78, 5) is 0.531. The Morgan fingerprint density at radius 3 is 2.71 bits per heavy atom. The first kappa shape index (κ1) is 10.3. The van der Waals surface area contributed by atoms with Crippen LogP contribution in [0.25, 0.3) is 10.1 Å². The highest BCUT2D eigenvalue weighted by molar-refractivity contribution is 7.80. The van der Waals surface area contributed by atoms with Crippen molar-refractivity contribution in [1.82, 2.24) is 0 Å². The summed E-state index contributed by atoms with van der Waals surface area (Å²) >= 11 is 11.7. The van der Waals surface area contributed by atoms with Crippen molar-refractivity contribution in [2.45, 2.75) is 4.90 Å². The van der Waals surface area contributed by atoms with Crippen LogP contribution < -0.4 is 5.46 Å². The molecule has 72 valence electrons. The van der Waals surface area contributed by atoms with Crippen LogP contribution in [0.3, 0.4) is 0 Å². The van der Waals surface area contributed by atoms with Crippen molar-refractivity contribution in [2.24, 2.45) is 0 Å². The van der Waals surface area contributed by atoms with Gasteiger partial charge in [-0.25, -0.2) is 0 Å². The third-order valence-electron chi connectivity index (χ3n) is 1.98. The molecule has 0 spiro atoms. The first-order valence-electron chi connectivity index (χ1n) is 3.86. The van der Waals surface area contributed by atoms with Crippen LogP contribution in [0.5, 0.6) is 0 Å². The molecule has 1 aromatic carbocycles. The molecule has 2 nitrogen and oxygen atoms in total. The van der Waals surface area contributed by atoms with E-state index in [1.807, 2.05) is 0 Å². The molecule has 14 heavy (non-hydrogen) atoms. The number of thiophene rings is 1. The maximum Gasteiger partial charge on any atom is 0.489 e. The summed E-state index contributed by atoms with van der Waals surface area (Å²) < 4.78 is 0.990. The normalized spacial score (nSPS) is 10.9. The predicted octanol–water partition coefficient (Wildman–Crippen LogP) is 1.52. The minimum absolute atomic E-state index is 0.376. The van der Waals surface area contributed by atoms with Gasteiger partial charge in [-0.2, -0.15) is 0 Å². The number of thiol groups is 1. The number of hydrogen-bond donors (Lipinski definition) is 3. The van der Waals surface area contributed by atoms with Crippen LogP contribution in [0.1, 0.15) is 0 Å². The number of rotatable bonds is 1. The van der Waals surface area contributed by atoms with Crippen LogP contribution in [0.2, 0.25) is 5.02 Å². The Hall–Kier alpha value is -0.195. The smallest absolute Gasteiger partial charge is 0.423 e. The third kappa shape index (κ3) is 1.55. The lowest BCUT2D eigenvalue weighted by atomic mass is 9.80. The second-order valence-corrected chi connectivity index (χ2v) is 4.60. The van der Waals surface area contributed by atoms with Gasteiger partial charge >= 0.3 is 7.12 Å². The van der Waals surface area contributed by atoms with E-state index in [4.69, 9.17) is 21.6 Å². The number of benzene rings is 1. The van der Waals surface area contributed by atoms with Crippen molar-refractivity contribution in [3.8, 4) is 0 Å². The number of halogens is 1. The van der Waals surface area contributed by atoms with E-state index in [9.17, 15) is 0 Å². The maximum atomic E-state index is 9.06. The van der Waals surface area contributed by atoms with Crippen LogP contribution in [0.15, 0.2) is 22.4 Å². The molecule has 2 aromatic rings. The fourth-order valence-electron chi connectivity index (χ4n) is 1.30. The van der Waals surface area contributed by atoms with Crippen LogP contribution in [0.4, 0.5) is 0 Å². The number of fused-ring (bicyclic) bond motifs is 1. The summed E-state index contributed by atoms with van der Waals surface area (Å²) in [5.41, 5.74) is 0.376. The zero-order chi connectivity index (χ0) is 10.3. The van der Waals surface area contributed by atoms with Crippen molar-refractivity contribution >= 4 is 58.2 Å². The summed E-state index contributed by atoms with van der Waals surface area (Å²) in [5, 5.41) is 21.3. The van der Waals surface area contributed by atoms with Gasteiger partial charge < -0.3 is 10.0 Å². The molecule has 2 N–H and O–H groups in total. The summed E-state index contributed by atoms with van der Waals surface area (Å²) in [7, 11) is -1.51. The van der Waals surface area contributed by atoms with E-state index in [2.05, 4.69) is 12.6 Å². The first-order valence-corrected chi connectivity index (χ1v) is 5.56. The molecule has 1 aromatic heterocycles. The van der Waals surface area contributed by atoms with E-state index in [0.29, 0.717) is 15.4 Å². The zero-order valence-corrected chi connectivity index (χ0v) is 9.40. The van der Waals surface area contributed by atoms with Gasteiger partial charge in [0.05, 0.1) is 5.02 Å². The Labute approximate surface area is 95.7 Å². The lowest BCUT2D eigenvalue weighted by Gasteiger charge is -2.04. The van der Waals surface area contributed by atoms with Gasteiger partial charge in [0.25, 0.3) is 0 Å². The Bertz CT molecular complexity index is 483. The van der Waals surface area contributed by atoms with Gasteiger partial charge in [-0.15, -0.1) is 24.0 Å². The average Bonchev–Trinajstić information content (AvgIpc) is 2.48. The lowest BCUT2D eigenvalue weighted by Crippen LogP contribution is -2.31. The molecule has 0 aliphatic carbocycles. The Kier molecular flexibility index (Phi) is 2.77. The van der Waals surface area contributed by atoms with E-state index in [1.54, 1.807) is 17.5 Å². The molecule has 0 unspecified atom stereocenters. The van der Waals surface area contributed by atoms with E-state index in [-0.39, 0.29) is 0 Å². The van der Waals surface area contributed by atoms with E-state index < -0.39 is 7.12 Å². The van der Waals surface area contributed by atoms with Gasteiger partial charge in [0.2, 0.25) is 0 Å². The molecule has 0 atom stereocenters.